The first-order valence-corrected chi connectivity index (χ1v) is 9.87. The second kappa shape index (κ2) is 7.99. The van der Waals surface area contributed by atoms with Crippen molar-refractivity contribution < 1.29 is 4.74 Å². The molecule has 0 bridgehead atoms. The summed E-state index contributed by atoms with van der Waals surface area (Å²) in [6.45, 7) is 4.90. The Labute approximate surface area is 171 Å². The minimum Gasteiger partial charge on any atom is -0.487 e. The van der Waals surface area contributed by atoms with Gasteiger partial charge in [0.1, 0.15) is 11.4 Å². The molecule has 150 valence electrons. The number of nitrogens with one attached hydrogen (secondary N) is 2. The second-order valence-electron chi connectivity index (χ2n) is 7.83. The van der Waals surface area contributed by atoms with E-state index in [2.05, 4.69) is 52.7 Å². The fourth-order valence-corrected chi connectivity index (χ4v) is 3.78. The third-order valence-electron chi connectivity index (χ3n) is 5.13. The lowest BCUT2D eigenvalue weighted by Crippen LogP contribution is -2.45. The quantitative estimate of drug-likeness (QED) is 0.526. The number of nitrogens with zero attached hydrogens (tertiary/aromatic N) is 3. The van der Waals surface area contributed by atoms with E-state index in [0.29, 0.717) is 6.54 Å². The lowest BCUT2D eigenvalue weighted by molar-refractivity contribution is 0.0694. The van der Waals surface area contributed by atoms with Gasteiger partial charge in [0.25, 0.3) is 0 Å². The summed E-state index contributed by atoms with van der Waals surface area (Å²) in [4.78, 5) is 8.60. The van der Waals surface area contributed by atoms with E-state index in [-0.39, 0.29) is 11.6 Å². The van der Waals surface area contributed by atoms with Crippen molar-refractivity contribution in [3.8, 4) is 11.4 Å². The van der Waals surface area contributed by atoms with Gasteiger partial charge in [-0.15, -0.1) is 0 Å². The highest BCUT2D eigenvalue weighted by Crippen LogP contribution is 2.39. The number of guanidine groups is 1. The molecule has 0 saturated heterocycles. The first kappa shape index (κ1) is 19.1. The van der Waals surface area contributed by atoms with Crippen molar-refractivity contribution in [3.63, 3.8) is 0 Å². The minimum absolute atomic E-state index is 0.130. The molecule has 4 rings (SSSR count). The van der Waals surface area contributed by atoms with Crippen LogP contribution in [-0.2, 0) is 6.54 Å². The average molecular weight is 390 g/mol. The molecule has 1 aliphatic rings. The van der Waals surface area contributed by atoms with Crippen molar-refractivity contribution in [1.82, 2.24) is 20.2 Å². The van der Waals surface area contributed by atoms with Crippen LogP contribution in [0.15, 0.2) is 72.2 Å². The predicted octanol–water partition coefficient (Wildman–Crippen LogP) is 3.84. The molecule has 6 heteroatoms. The van der Waals surface area contributed by atoms with Crippen LogP contribution in [0.25, 0.3) is 5.69 Å². The van der Waals surface area contributed by atoms with Crippen molar-refractivity contribution in [1.29, 1.82) is 0 Å². The summed E-state index contributed by atoms with van der Waals surface area (Å²) in [5.41, 5.74) is 3.19. The molecule has 29 heavy (non-hydrogen) atoms. The molecule has 1 aliphatic heterocycles. The van der Waals surface area contributed by atoms with E-state index >= 15 is 0 Å². The number of para-hydroxylation sites is 2. The van der Waals surface area contributed by atoms with E-state index in [9.17, 15) is 0 Å². The van der Waals surface area contributed by atoms with E-state index < -0.39 is 0 Å². The van der Waals surface area contributed by atoms with E-state index in [1.54, 1.807) is 13.2 Å². The number of aliphatic imine (C=N–C) groups is 1. The zero-order valence-electron chi connectivity index (χ0n) is 17.1. The van der Waals surface area contributed by atoms with Gasteiger partial charge in [0.2, 0.25) is 0 Å². The molecular formula is C23H27N5O. The second-order valence-corrected chi connectivity index (χ2v) is 7.83. The van der Waals surface area contributed by atoms with Crippen LogP contribution in [0.5, 0.6) is 5.75 Å². The molecule has 1 aromatic heterocycles. The average Bonchev–Trinajstić information content (AvgIpc) is 3.25. The van der Waals surface area contributed by atoms with Crippen molar-refractivity contribution in [2.45, 2.75) is 38.5 Å². The molecule has 0 amide bonds. The van der Waals surface area contributed by atoms with Gasteiger partial charge < -0.3 is 19.9 Å². The molecule has 3 aromatic rings. The maximum atomic E-state index is 6.14. The number of imidazole rings is 1. The zero-order valence-corrected chi connectivity index (χ0v) is 17.1. The molecule has 0 saturated carbocycles. The van der Waals surface area contributed by atoms with E-state index in [0.717, 1.165) is 29.4 Å². The highest BCUT2D eigenvalue weighted by Gasteiger charge is 2.33. The highest BCUT2D eigenvalue weighted by molar-refractivity contribution is 5.80. The van der Waals surface area contributed by atoms with Crippen molar-refractivity contribution in [3.05, 3.63) is 78.4 Å². The van der Waals surface area contributed by atoms with Crippen molar-refractivity contribution >= 4 is 5.96 Å². The molecule has 2 N–H and O–H groups in total. The summed E-state index contributed by atoms with van der Waals surface area (Å²) >= 11 is 0. The molecule has 0 aliphatic carbocycles. The van der Waals surface area contributed by atoms with Crippen LogP contribution in [-0.4, -0.2) is 28.2 Å². The summed E-state index contributed by atoms with van der Waals surface area (Å²) in [6.07, 6.45) is 6.41. The fraction of sp³-hybridized carbons (Fsp3) is 0.304. The smallest absolute Gasteiger partial charge is 0.191 e. The number of ether oxygens (including phenoxy) is 1. The van der Waals surface area contributed by atoms with Crippen LogP contribution in [0.3, 0.4) is 0 Å². The van der Waals surface area contributed by atoms with E-state index in [1.165, 1.54) is 5.56 Å². The van der Waals surface area contributed by atoms with Crippen LogP contribution in [0.4, 0.5) is 0 Å². The van der Waals surface area contributed by atoms with Crippen molar-refractivity contribution in [2.75, 3.05) is 7.05 Å². The van der Waals surface area contributed by atoms with Crippen LogP contribution >= 0.6 is 0 Å². The monoisotopic (exact) mass is 389 g/mol. The number of hydrogen-bond acceptors (Lipinski definition) is 3. The highest BCUT2D eigenvalue weighted by atomic mass is 16.5. The summed E-state index contributed by atoms with van der Waals surface area (Å²) < 4.78 is 8.16. The third kappa shape index (κ3) is 4.26. The SMILES string of the molecule is CN=C(NCc1ccccc1-n1ccnc1)NC1CC(C)(C)Oc2ccccc21. The number of aromatic nitrogens is 2. The Bertz CT molecular complexity index is 994. The Balaban J connectivity index is 1.49. The van der Waals surface area contributed by atoms with Gasteiger partial charge in [0.05, 0.1) is 18.1 Å². The van der Waals surface area contributed by atoms with E-state index in [4.69, 9.17) is 4.74 Å². The van der Waals surface area contributed by atoms with Crippen LogP contribution in [0.1, 0.15) is 37.4 Å². The zero-order chi connectivity index (χ0) is 20.3. The molecule has 0 fully saturated rings. The van der Waals surface area contributed by atoms with Gasteiger partial charge in [0, 0.05) is 38.0 Å². The number of rotatable bonds is 4. The predicted molar refractivity (Wildman–Crippen MR) is 115 cm³/mol. The normalized spacial score (nSPS) is 17.9. The molecule has 6 nitrogen and oxygen atoms in total. The van der Waals surface area contributed by atoms with Gasteiger partial charge in [-0.2, -0.15) is 0 Å². The van der Waals surface area contributed by atoms with Gasteiger partial charge in [-0.1, -0.05) is 36.4 Å². The lowest BCUT2D eigenvalue weighted by atomic mass is 9.90. The Hall–Kier alpha value is -3.28. The minimum atomic E-state index is -0.237. The first-order valence-electron chi connectivity index (χ1n) is 9.87. The summed E-state index contributed by atoms with van der Waals surface area (Å²) in [5, 5.41) is 7.04. The summed E-state index contributed by atoms with van der Waals surface area (Å²) in [6, 6.07) is 16.6. The van der Waals surface area contributed by atoms with Gasteiger partial charge in [0.15, 0.2) is 5.96 Å². The Kier molecular flexibility index (Phi) is 5.25. The van der Waals surface area contributed by atoms with Gasteiger partial charge in [-0.25, -0.2) is 4.98 Å². The lowest BCUT2D eigenvalue weighted by Gasteiger charge is -2.38. The molecule has 1 unspecified atom stereocenters. The molecular weight excluding hydrogens is 362 g/mol. The molecule has 2 aromatic carbocycles. The topological polar surface area (TPSA) is 63.5 Å². The maximum absolute atomic E-state index is 6.14. The van der Waals surface area contributed by atoms with Crippen molar-refractivity contribution in [2.24, 2.45) is 4.99 Å². The Morgan fingerprint density at radius 2 is 2.00 bits per heavy atom. The molecule has 1 atom stereocenters. The fourth-order valence-electron chi connectivity index (χ4n) is 3.78. The van der Waals surface area contributed by atoms with Crippen LogP contribution in [0, 0.1) is 0 Å². The molecule has 0 radical (unpaired) electrons. The molecule has 2 heterocycles. The standard InChI is InChI=1S/C23H27N5O/c1-23(2)14-19(18-9-5-7-11-21(18)29-23)27-22(24-3)26-15-17-8-4-6-10-20(17)28-13-12-25-16-28/h4-13,16,19H,14-15H2,1-3H3,(H2,24,26,27). The number of benzene rings is 2. The Morgan fingerprint density at radius 3 is 2.79 bits per heavy atom. The van der Waals surface area contributed by atoms with Gasteiger partial charge in [-0.05, 0) is 31.5 Å². The third-order valence-corrected chi connectivity index (χ3v) is 5.13. The van der Waals surface area contributed by atoms with Crippen LogP contribution in [0.2, 0.25) is 0 Å². The van der Waals surface area contributed by atoms with E-state index in [1.807, 2.05) is 47.4 Å². The maximum Gasteiger partial charge on any atom is 0.191 e. The Morgan fingerprint density at radius 1 is 1.21 bits per heavy atom. The summed E-state index contributed by atoms with van der Waals surface area (Å²) in [5.74, 6) is 1.70. The summed E-state index contributed by atoms with van der Waals surface area (Å²) in [7, 11) is 1.80. The molecule has 0 spiro atoms. The van der Waals surface area contributed by atoms with Crippen LogP contribution < -0.4 is 15.4 Å². The largest absolute Gasteiger partial charge is 0.487 e. The number of hydrogen-bond donors (Lipinski definition) is 2. The number of fused-ring (bicyclic) bond motifs is 1. The first-order chi connectivity index (χ1) is 14.1. The van der Waals surface area contributed by atoms with Gasteiger partial charge in [-0.3, -0.25) is 4.99 Å². The van der Waals surface area contributed by atoms with Gasteiger partial charge >= 0.3 is 0 Å².